The van der Waals surface area contributed by atoms with Gasteiger partial charge in [-0.25, -0.2) is 8.42 Å². The molecular formula is C22H24N2O5S. The molecule has 1 aliphatic carbocycles. The maximum atomic E-state index is 12.8. The van der Waals surface area contributed by atoms with E-state index in [4.69, 9.17) is 9.47 Å². The number of carbonyl (C=O) groups excluding carboxylic acids is 1. The van der Waals surface area contributed by atoms with Crippen LogP contribution in [0.4, 0.5) is 11.4 Å². The van der Waals surface area contributed by atoms with Crippen molar-refractivity contribution in [2.45, 2.75) is 44.3 Å². The van der Waals surface area contributed by atoms with Crippen molar-refractivity contribution in [3.8, 4) is 11.5 Å². The average molecular weight is 429 g/mol. The first-order chi connectivity index (χ1) is 14.3. The fraction of sp³-hybridized carbons (Fsp3) is 0.409. The summed E-state index contributed by atoms with van der Waals surface area (Å²) in [7, 11) is -3.33. The molecule has 7 nitrogen and oxygen atoms in total. The summed E-state index contributed by atoms with van der Waals surface area (Å²) in [5, 5.41) is 2.91. The van der Waals surface area contributed by atoms with Crippen molar-refractivity contribution in [1.82, 2.24) is 0 Å². The molecule has 2 aromatic carbocycles. The number of amides is 1. The maximum Gasteiger partial charge on any atom is 0.255 e. The predicted molar refractivity (Wildman–Crippen MR) is 114 cm³/mol. The molecule has 0 bridgehead atoms. The van der Waals surface area contributed by atoms with Gasteiger partial charge in [-0.2, -0.15) is 0 Å². The Hall–Kier alpha value is -2.74. The summed E-state index contributed by atoms with van der Waals surface area (Å²) in [6.07, 6.45) is 6.62. The van der Waals surface area contributed by atoms with Crippen LogP contribution >= 0.6 is 0 Å². The summed E-state index contributed by atoms with van der Waals surface area (Å²) in [5.41, 5.74) is 2.65. The molecule has 0 aromatic heterocycles. The van der Waals surface area contributed by atoms with Gasteiger partial charge in [-0.1, -0.05) is 0 Å². The van der Waals surface area contributed by atoms with Crippen molar-refractivity contribution in [3.05, 3.63) is 47.5 Å². The summed E-state index contributed by atoms with van der Waals surface area (Å²) >= 11 is 0. The van der Waals surface area contributed by atoms with Crippen molar-refractivity contribution in [2.24, 2.45) is 0 Å². The number of hydrogen-bond donors (Lipinski definition) is 1. The van der Waals surface area contributed by atoms with E-state index in [2.05, 4.69) is 5.32 Å². The Bertz CT molecular complexity index is 1120. The zero-order valence-electron chi connectivity index (χ0n) is 16.8. The number of hydrogen-bond acceptors (Lipinski definition) is 5. The van der Waals surface area contributed by atoms with Crippen LogP contribution in [0.2, 0.25) is 0 Å². The van der Waals surface area contributed by atoms with Gasteiger partial charge in [0.2, 0.25) is 10.0 Å². The number of ether oxygens (including phenoxy) is 2. The average Bonchev–Trinajstić information content (AvgIpc) is 3.31. The first-order valence-electron chi connectivity index (χ1n) is 10.3. The van der Waals surface area contributed by atoms with Crippen molar-refractivity contribution in [2.75, 3.05) is 22.4 Å². The molecule has 1 saturated carbocycles. The van der Waals surface area contributed by atoms with Crippen LogP contribution in [-0.4, -0.2) is 32.9 Å². The molecule has 3 aliphatic rings. The van der Waals surface area contributed by atoms with E-state index < -0.39 is 15.8 Å². The number of rotatable bonds is 3. The highest BCUT2D eigenvalue weighted by Gasteiger charge is 2.44. The standard InChI is InChI=1S/C22H24N2O5S/c1-30(26,27)24-12-4-5-15-13-16(6-8-18(15)24)21(25)23-17-7-9-19-20(14-17)29-22(28-19)10-2-3-11-22/h6-9,13-14H,2-5,10-12H2,1H3,(H,23,25). The van der Waals surface area contributed by atoms with Gasteiger partial charge in [0.15, 0.2) is 11.5 Å². The van der Waals surface area contributed by atoms with Crippen LogP contribution in [0.5, 0.6) is 11.5 Å². The Labute approximate surface area is 176 Å². The molecular weight excluding hydrogens is 404 g/mol. The minimum Gasteiger partial charge on any atom is -0.448 e. The number of anilines is 2. The van der Waals surface area contributed by atoms with E-state index in [9.17, 15) is 13.2 Å². The topological polar surface area (TPSA) is 84.9 Å². The highest BCUT2D eigenvalue weighted by atomic mass is 32.2. The molecule has 1 amide bonds. The Morgan fingerprint density at radius 3 is 2.57 bits per heavy atom. The van der Waals surface area contributed by atoms with Gasteiger partial charge in [0.1, 0.15) is 0 Å². The van der Waals surface area contributed by atoms with Crippen LogP contribution in [0.15, 0.2) is 36.4 Å². The van der Waals surface area contributed by atoms with Gasteiger partial charge in [0, 0.05) is 36.7 Å². The molecule has 2 heterocycles. The van der Waals surface area contributed by atoms with Gasteiger partial charge < -0.3 is 14.8 Å². The molecule has 0 unspecified atom stereocenters. The number of nitrogens with zero attached hydrogens (tertiary/aromatic N) is 1. The number of fused-ring (bicyclic) bond motifs is 2. The Morgan fingerprint density at radius 1 is 1.03 bits per heavy atom. The first kappa shape index (κ1) is 19.2. The molecule has 30 heavy (non-hydrogen) atoms. The fourth-order valence-electron chi connectivity index (χ4n) is 4.54. The van der Waals surface area contributed by atoms with Gasteiger partial charge >= 0.3 is 0 Å². The summed E-state index contributed by atoms with van der Waals surface area (Å²) in [6, 6.07) is 10.6. The van der Waals surface area contributed by atoms with E-state index in [1.165, 1.54) is 10.6 Å². The third kappa shape index (κ3) is 3.39. The van der Waals surface area contributed by atoms with Crippen LogP contribution in [-0.2, 0) is 16.4 Å². The van der Waals surface area contributed by atoms with E-state index in [0.29, 0.717) is 35.0 Å². The van der Waals surface area contributed by atoms with Crippen LogP contribution in [0.25, 0.3) is 0 Å². The normalized spacial score (nSPS) is 19.0. The lowest BCUT2D eigenvalue weighted by Crippen LogP contribution is -2.34. The molecule has 0 saturated heterocycles. The molecule has 0 atom stereocenters. The second kappa shape index (κ2) is 6.91. The van der Waals surface area contributed by atoms with Crippen molar-refractivity contribution in [1.29, 1.82) is 0 Å². The van der Waals surface area contributed by atoms with Crippen molar-refractivity contribution >= 4 is 27.3 Å². The number of carbonyl (C=O) groups is 1. The molecule has 1 spiro atoms. The molecule has 5 rings (SSSR count). The van der Waals surface area contributed by atoms with Gasteiger partial charge in [0.05, 0.1) is 11.9 Å². The van der Waals surface area contributed by atoms with Crippen molar-refractivity contribution in [3.63, 3.8) is 0 Å². The monoisotopic (exact) mass is 428 g/mol. The summed E-state index contributed by atoms with van der Waals surface area (Å²) < 4.78 is 37.5. The highest BCUT2D eigenvalue weighted by molar-refractivity contribution is 7.92. The van der Waals surface area contributed by atoms with Crippen LogP contribution in [0.3, 0.4) is 0 Å². The highest BCUT2D eigenvalue weighted by Crippen LogP contribution is 2.47. The van der Waals surface area contributed by atoms with E-state index in [1.54, 1.807) is 30.3 Å². The van der Waals surface area contributed by atoms with Crippen LogP contribution < -0.4 is 19.1 Å². The number of nitrogens with one attached hydrogen (secondary N) is 1. The maximum absolute atomic E-state index is 12.8. The minimum atomic E-state index is -3.33. The third-order valence-corrected chi connectivity index (χ3v) is 7.16. The summed E-state index contributed by atoms with van der Waals surface area (Å²) in [6.45, 7) is 0.468. The minimum absolute atomic E-state index is 0.247. The summed E-state index contributed by atoms with van der Waals surface area (Å²) in [5.74, 6) is 0.590. The lowest BCUT2D eigenvalue weighted by molar-refractivity contribution is -0.0716. The first-order valence-corrected chi connectivity index (χ1v) is 12.1. The summed E-state index contributed by atoms with van der Waals surface area (Å²) in [4.78, 5) is 12.8. The fourth-order valence-corrected chi connectivity index (χ4v) is 5.54. The van der Waals surface area contributed by atoms with Gasteiger partial charge in [-0.15, -0.1) is 0 Å². The molecule has 0 radical (unpaired) electrons. The Kier molecular flexibility index (Phi) is 4.43. The number of aryl methyl sites for hydroxylation is 1. The second-order valence-electron chi connectivity index (χ2n) is 8.22. The largest absolute Gasteiger partial charge is 0.448 e. The molecule has 158 valence electrons. The molecule has 1 N–H and O–H groups in total. The molecule has 1 fully saturated rings. The second-order valence-corrected chi connectivity index (χ2v) is 10.1. The van der Waals surface area contributed by atoms with Crippen molar-refractivity contribution < 1.29 is 22.7 Å². The predicted octanol–water partition coefficient (Wildman–Crippen LogP) is 3.69. The van der Waals surface area contributed by atoms with Gasteiger partial charge in [-0.05, 0) is 61.6 Å². The van der Waals surface area contributed by atoms with E-state index in [1.807, 2.05) is 6.07 Å². The number of sulfonamides is 1. The molecule has 2 aromatic rings. The quantitative estimate of drug-likeness (QED) is 0.806. The zero-order chi connectivity index (χ0) is 20.9. The third-order valence-electron chi connectivity index (χ3n) is 5.98. The van der Waals surface area contributed by atoms with E-state index in [-0.39, 0.29) is 5.91 Å². The van der Waals surface area contributed by atoms with Gasteiger partial charge in [0.25, 0.3) is 11.7 Å². The Morgan fingerprint density at radius 2 is 1.80 bits per heavy atom. The smallest absolute Gasteiger partial charge is 0.255 e. The zero-order valence-corrected chi connectivity index (χ0v) is 17.6. The van der Waals surface area contributed by atoms with Gasteiger partial charge in [-0.3, -0.25) is 9.10 Å². The number of benzene rings is 2. The van der Waals surface area contributed by atoms with Crippen LogP contribution in [0, 0.1) is 0 Å². The lowest BCUT2D eigenvalue weighted by Gasteiger charge is -2.29. The SMILES string of the molecule is CS(=O)(=O)N1CCCc2cc(C(=O)Nc3ccc4c(c3)OC3(CCCC3)O4)ccc21. The molecule has 2 aliphatic heterocycles. The Balaban J connectivity index is 1.35. The lowest BCUT2D eigenvalue weighted by atomic mass is 10.0. The van der Waals surface area contributed by atoms with Crippen LogP contribution in [0.1, 0.15) is 48.0 Å². The molecule has 8 heteroatoms. The van der Waals surface area contributed by atoms with E-state index >= 15 is 0 Å². The van der Waals surface area contributed by atoms with E-state index in [0.717, 1.165) is 44.1 Å².